The standard InChI is InChI=1S/C9H14N2/c1-8(2)10-7-9-5-4-6-11(9)3/h4-8H,1-3H3. The molecule has 0 unspecified atom stereocenters. The van der Waals surface area contributed by atoms with Crippen LogP contribution in [0.1, 0.15) is 19.5 Å². The SMILES string of the molecule is CC(C)N=Cc1cccn1C. The summed E-state index contributed by atoms with van der Waals surface area (Å²) in [7, 11) is 2.02. The first kappa shape index (κ1) is 8.05. The molecule has 0 N–H and O–H groups in total. The Morgan fingerprint density at radius 1 is 1.55 bits per heavy atom. The molecule has 1 aromatic rings. The van der Waals surface area contributed by atoms with Crippen molar-refractivity contribution >= 4 is 6.21 Å². The van der Waals surface area contributed by atoms with Gasteiger partial charge in [-0.1, -0.05) is 0 Å². The van der Waals surface area contributed by atoms with E-state index in [9.17, 15) is 0 Å². The zero-order valence-electron chi connectivity index (χ0n) is 7.28. The van der Waals surface area contributed by atoms with E-state index in [0.29, 0.717) is 6.04 Å². The largest absolute Gasteiger partial charge is 0.350 e. The molecule has 0 bridgehead atoms. The first-order chi connectivity index (χ1) is 5.20. The number of aromatic nitrogens is 1. The highest BCUT2D eigenvalue weighted by atomic mass is 14.9. The van der Waals surface area contributed by atoms with Crippen molar-refractivity contribution in [2.45, 2.75) is 19.9 Å². The molecule has 0 saturated heterocycles. The minimum atomic E-state index is 0.380. The molecule has 1 heterocycles. The van der Waals surface area contributed by atoms with Crippen molar-refractivity contribution in [1.29, 1.82) is 0 Å². The van der Waals surface area contributed by atoms with Gasteiger partial charge in [0.2, 0.25) is 0 Å². The average Bonchev–Trinajstić information content (AvgIpc) is 2.31. The molecule has 0 fully saturated rings. The maximum atomic E-state index is 4.28. The van der Waals surface area contributed by atoms with Crippen molar-refractivity contribution in [3.63, 3.8) is 0 Å². The lowest BCUT2D eigenvalue weighted by Crippen LogP contribution is -1.95. The smallest absolute Gasteiger partial charge is 0.0585 e. The Morgan fingerprint density at radius 2 is 2.27 bits per heavy atom. The molecule has 0 spiro atoms. The van der Waals surface area contributed by atoms with Gasteiger partial charge in [0.15, 0.2) is 0 Å². The lowest BCUT2D eigenvalue weighted by atomic mass is 10.4. The van der Waals surface area contributed by atoms with Gasteiger partial charge in [0, 0.05) is 25.5 Å². The summed E-state index contributed by atoms with van der Waals surface area (Å²) in [6, 6.07) is 4.44. The Hall–Kier alpha value is -1.05. The third-order valence-electron chi connectivity index (χ3n) is 1.49. The number of nitrogens with zero attached hydrogens (tertiary/aromatic N) is 2. The van der Waals surface area contributed by atoms with E-state index in [1.807, 2.05) is 36.2 Å². The highest BCUT2D eigenvalue weighted by Gasteiger charge is 1.91. The monoisotopic (exact) mass is 150 g/mol. The number of rotatable bonds is 2. The maximum absolute atomic E-state index is 4.28. The van der Waals surface area contributed by atoms with Crippen molar-refractivity contribution in [3.05, 3.63) is 24.0 Å². The summed E-state index contributed by atoms with van der Waals surface area (Å²) in [6.07, 6.45) is 3.92. The summed E-state index contributed by atoms with van der Waals surface area (Å²) in [5, 5.41) is 0. The molecular formula is C9H14N2. The van der Waals surface area contributed by atoms with Gasteiger partial charge in [0.25, 0.3) is 0 Å². The molecule has 0 aliphatic carbocycles. The van der Waals surface area contributed by atoms with Crippen LogP contribution in [0.5, 0.6) is 0 Å². The number of aliphatic imine (C=N–C) groups is 1. The Bertz CT molecular complexity index is 246. The third-order valence-corrected chi connectivity index (χ3v) is 1.49. The van der Waals surface area contributed by atoms with E-state index >= 15 is 0 Å². The second-order valence-corrected chi connectivity index (χ2v) is 2.92. The molecule has 60 valence electrons. The highest BCUT2D eigenvalue weighted by Crippen LogP contribution is 1.96. The summed E-state index contributed by atoms with van der Waals surface area (Å²) in [5.41, 5.74) is 1.15. The summed E-state index contributed by atoms with van der Waals surface area (Å²) in [4.78, 5) is 4.28. The molecule has 0 aliphatic rings. The van der Waals surface area contributed by atoms with Crippen molar-refractivity contribution in [1.82, 2.24) is 4.57 Å². The predicted molar refractivity (Wildman–Crippen MR) is 48.1 cm³/mol. The van der Waals surface area contributed by atoms with Gasteiger partial charge in [-0.25, -0.2) is 0 Å². The first-order valence-electron chi connectivity index (χ1n) is 3.84. The number of aryl methyl sites for hydroxylation is 1. The van der Waals surface area contributed by atoms with Crippen molar-refractivity contribution in [3.8, 4) is 0 Å². The van der Waals surface area contributed by atoms with Gasteiger partial charge in [-0.3, -0.25) is 4.99 Å². The third kappa shape index (κ3) is 2.22. The topological polar surface area (TPSA) is 17.3 Å². The molecule has 0 saturated carbocycles. The van der Waals surface area contributed by atoms with Crippen LogP contribution in [0.4, 0.5) is 0 Å². The summed E-state index contributed by atoms with van der Waals surface area (Å²) in [6.45, 7) is 4.14. The van der Waals surface area contributed by atoms with E-state index in [4.69, 9.17) is 0 Å². The van der Waals surface area contributed by atoms with Crippen LogP contribution < -0.4 is 0 Å². The van der Waals surface area contributed by atoms with Gasteiger partial charge in [-0.05, 0) is 26.0 Å². The van der Waals surface area contributed by atoms with E-state index in [1.165, 1.54) is 0 Å². The van der Waals surface area contributed by atoms with Gasteiger partial charge in [-0.15, -0.1) is 0 Å². The number of hydrogen-bond acceptors (Lipinski definition) is 1. The lowest BCUT2D eigenvalue weighted by molar-refractivity contribution is 0.836. The van der Waals surface area contributed by atoms with Crippen LogP contribution in [0.15, 0.2) is 23.3 Å². The van der Waals surface area contributed by atoms with Crippen molar-refractivity contribution in [2.24, 2.45) is 12.0 Å². The summed E-state index contributed by atoms with van der Waals surface area (Å²) >= 11 is 0. The molecule has 0 aromatic carbocycles. The van der Waals surface area contributed by atoms with Gasteiger partial charge < -0.3 is 4.57 Å². The number of hydrogen-bond donors (Lipinski definition) is 0. The fraction of sp³-hybridized carbons (Fsp3) is 0.444. The summed E-state index contributed by atoms with van der Waals surface area (Å²) in [5.74, 6) is 0. The Morgan fingerprint density at radius 3 is 2.73 bits per heavy atom. The predicted octanol–water partition coefficient (Wildman–Crippen LogP) is 1.85. The molecule has 0 aliphatic heterocycles. The molecule has 0 amide bonds. The normalized spacial score (nSPS) is 11.6. The zero-order valence-corrected chi connectivity index (χ0v) is 7.28. The first-order valence-corrected chi connectivity index (χ1v) is 3.84. The average molecular weight is 150 g/mol. The highest BCUT2D eigenvalue weighted by molar-refractivity contribution is 5.77. The van der Waals surface area contributed by atoms with E-state index in [2.05, 4.69) is 18.8 Å². The van der Waals surface area contributed by atoms with Crippen LogP contribution in [-0.4, -0.2) is 16.8 Å². The molecule has 11 heavy (non-hydrogen) atoms. The van der Waals surface area contributed by atoms with Crippen molar-refractivity contribution < 1.29 is 0 Å². The Labute approximate surface area is 67.6 Å². The van der Waals surface area contributed by atoms with Gasteiger partial charge in [-0.2, -0.15) is 0 Å². The molecule has 1 rings (SSSR count). The van der Waals surface area contributed by atoms with E-state index < -0.39 is 0 Å². The fourth-order valence-corrected chi connectivity index (χ4v) is 0.834. The van der Waals surface area contributed by atoms with Gasteiger partial charge >= 0.3 is 0 Å². The Kier molecular flexibility index (Phi) is 2.47. The molecule has 0 radical (unpaired) electrons. The zero-order chi connectivity index (χ0) is 8.27. The molecule has 2 nitrogen and oxygen atoms in total. The lowest BCUT2D eigenvalue weighted by Gasteiger charge is -1.96. The van der Waals surface area contributed by atoms with Gasteiger partial charge in [0.1, 0.15) is 0 Å². The van der Waals surface area contributed by atoms with Crippen LogP contribution in [-0.2, 0) is 7.05 Å². The van der Waals surface area contributed by atoms with Crippen LogP contribution in [0, 0.1) is 0 Å². The van der Waals surface area contributed by atoms with Crippen molar-refractivity contribution in [2.75, 3.05) is 0 Å². The molecule has 2 heteroatoms. The molecule has 1 aromatic heterocycles. The van der Waals surface area contributed by atoms with E-state index in [1.54, 1.807) is 0 Å². The van der Waals surface area contributed by atoms with Crippen LogP contribution in [0.25, 0.3) is 0 Å². The maximum Gasteiger partial charge on any atom is 0.0585 e. The van der Waals surface area contributed by atoms with Crippen LogP contribution in [0.3, 0.4) is 0 Å². The Balaban J connectivity index is 2.71. The minimum absolute atomic E-state index is 0.380. The minimum Gasteiger partial charge on any atom is -0.350 e. The van der Waals surface area contributed by atoms with E-state index in [0.717, 1.165) is 5.69 Å². The second kappa shape index (κ2) is 3.37. The second-order valence-electron chi connectivity index (χ2n) is 2.92. The quantitative estimate of drug-likeness (QED) is 0.572. The fourth-order valence-electron chi connectivity index (χ4n) is 0.834. The van der Waals surface area contributed by atoms with Crippen LogP contribution in [0.2, 0.25) is 0 Å². The molecular weight excluding hydrogens is 136 g/mol. The molecule has 0 atom stereocenters. The van der Waals surface area contributed by atoms with E-state index in [-0.39, 0.29) is 0 Å². The summed E-state index contributed by atoms with van der Waals surface area (Å²) < 4.78 is 2.05. The van der Waals surface area contributed by atoms with Gasteiger partial charge in [0.05, 0.1) is 5.69 Å². The van der Waals surface area contributed by atoms with Crippen LogP contribution >= 0.6 is 0 Å².